The van der Waals surface area contributed by atoms with Crippen molar-refractivity contribution in [3.63, 3.8) is 0 Å². The molecule has 0 aromatic heterocycles. The molecule has 0 rings (SSSR count). The van der Waals surface area contributed by atoms with Gasteiger partial charge < -0.3 is 20.3 Å². The monoisotopic (exact) mass is 286 g/mol. The van der Waals surface area contributed by atoms with Crippen molar-refractivity contribution < 1.29 is 4.74 Å². The molecule has 5 nitrogen and oxygen atoms in total. The minimum Gasteiger partial charge on any atom is -0.385 e. The van der Waals surface area contributed by atoms with Gasteiger partial charge in [-0.1, -0.05) is 26.7 Å². The van der Waals surface area contributed by atoms with Crippen LogP contribution < -0.4 is 10.6 Å². The van der Waals surface area contributed by atoms with Crippen molar-refractivity contribution >= 4 is 5.96 Å². The van der Waals surface area contributed by atoms with Crippen LogP contribution in [0.2, 0.25) is 0 Å². The zero-order valence-corrected chi connectivity index (χ0v) is 14.2. The third-order valence-electron chi connectivity index (χ3n) is 3.78. The van der Waals surface area contributed by atoms with Gasteiger partial charge in [0.1, 0.15) is 0 Å². The Morgan fingerprint density at radius 1 is 1.20 bits per heavy atom. The van der Waals surface area contributed by atoms with Crippen molar-refractivity contribution in [3.8, 4) is 0 Å². The lowest BCUT2D eigenvalue weighted by molar-refractivity contribution is 0.195. The Balaban J connectivity index is 4.23. The molecule has 0 heterocycles. The van der Waals surface area contributed by atoms with Crippen molar-refractivity contribution in [2.24, 2.45) is 10.9 Å². The van der Waals surface area contributed by atoms with E-state index in [1.807, 2.05) is 7.05 Å². The van der Waals surface area contributed by atoms with Crippen LogP contribution in [0.25, 0.3) is 0 Å². The number of hydrogen-bond donors (Lipinski definition) is 2. The number of hydrogen-bond acceptors (Lipinski definition) is 3. The van der Waals surface area contributed by atoms with Crippen molar-refractivity contribution in [2.45, 2.75) is 39.2 Å². The average Bonchev–Trinajstić information content (AvgIpc) is 2.45. The first kappa shape index (κ1) is 19.2. The SMILES string of the molecule is CCC(CC)C(CNC(=NC)NCCCOC)N(C)C. The Kier molecular flexibility index (Phi) is 11.5. The third-order valence-corrected chi connectivity index (χ3v) is 3.78. The molecule has 20 heavy (non-hydrogen) atoms. The van der Waals surface area contributed by atoms with Gasteiger partial charge in [0.25, 0.3) is 0 Å². The van der Waals surface area contributed by atoms with Crippen LogP contribution in [0.1, 0.15) is 33.1 Å². The van der Waals surface area contributed by atoms with E-state index in [4.69, 9.17) is 4.74 Å². The highest BCUT2D eigenvalue weighted by atomic mass is 16.5. The molecule has 0 amide bonds. The summed E-state index contributed by atoms with van der Waals surface area (Å²) in [5.41, 5.74) is 0. The largest absolute Gasteiger partial charge is 0.385 e. The predicted octanol–water partition coefficient (Wildman–Crippen LogP) is 1.55. The van der Waals surface area contributed by atoms with Gasteiger partial charge in [-0.25, -0.2) is 0 Å². The standard InChI is InChI=1S/C15H34N4O/c1-7-13(8-2)14(19(4)5)12-18-15(16-3)17-10-9-11-20-6/h13-14H,7-12H2,1-6H3,(H2,16,17,18). The molecule has 2 N–H and O–H groups in total. The van der Waals surface area contributed by atoms with Crippen molar-refractivity contribution in [1.29, 1.82) is 0 Å². The van der Waals surface area contributed by atoms with E-state index >= 15 is 0 Å². The quantitative estimate of drug-likeness (QED) is 0.363. The van der Waals surface area contributed by atoms with Crippen LogP contribution in [-0.4, -0.2) is 64.9 Å². The number of ether oxygens (including phenoxy) is 1. The zero-order valence-electron chi connectivity index (χ0n) is 14.2. The summed E-state index contributed by atoms with van der Waals surface area (Å²) in [6, 6.07) is 0.530. The molecular formula is C15H34N4O. The topological polar surface area (TPSA) is 48.9 Å². The maximum Gasteiger partial charge on any atom is 0.191 e. The minimum absolute atomic E-state index is 0.530. The van der Waals surface area contributed by atoms with Gasteiger partial charge in [0.2, 0.25) is 0 Å². The van der Waals surface area contributed by atoms with E-state index in [9.17, 15) is 0 Å². The van der Waals surface area contributed by atoms with Gasteiger partial charge in [-0.05, 0) is 26.4 Å². The Hall–Kier alpha value is -0.810. The van der Waals surface area contributed by atoms with Gasteiger partial charge in [-0.15, -0.1) is 0 Å². The summed E-state index contributed by atoms with van der Waals surface area (Å²) in [4.78, 5) is 6.57. The van der Waals surface area contributed by atoms with E-state index < -0.39 is 0 Å². The number of methoxy groups -OCH3 is 1. The summed E-state index contributed by atoms with van der Waals surface area (Å²) >= 11 is 0. The molecule has 1 atom stereocenters. The molecule has 0 aromatic rings. The second kappa shape index (κ2) is 12.0. The summed E-state index contributed by atoms with van der Waals surface area (Å²) in [6.07, 6.45) is 3.41. The summed E-state index contributed by atoms with van der Waals surface area (Å²) < 4.78 is 5.04. The maximum absolute atomic E-state index is 5.04. The first-order chi connectivity index (χ1) is 9.60. The summed E-state index contributed by atoms with van der Waals surface area (Å²) in [5.74, 6) is 1.59. The number of aliphatic imine (C=N–C) groups is 1. The summed E-state index contributed by atoms with van der Waals surface area (Å²) in [6.45, 7) is 7.11. The smallest absolute Gasteiger partial charge is 0.191 e. The van der Waals surface area contributed by atoms with Crippen molar-refractivity contribution in [3.05, 3.63) is 0 Å². The van der Waals surface area contributed by atoms with Crippen LogP contribution in [-0.2, 0) is 4.74 Å². The number of rotatable bonds is 10. The first-order valence-electron chi connectivity index (χ1n) is 7.70. The number of nitrogens with one attached hydrogen (secondary N) is 2. The molecule has 0 saturated carbocycles. The van der Waals surface area contributed by atoms with E-state index in [2.05, 4.69) is 48.5 Å². The van der Waals surface area contributed by atoms with Gasteiger partial charge >= 0.3 is 0 Å². The van der Waals surface area contributed by atoms with Crippen molar-refractivity contribution in [2.75, 3.05) is 47.9 Å². The molecule has 0 fully saturated rings. The van der Waals surface area contributed by atoms with Crippen LogP contribution in [0.3, 0.4) is 0 Å². The van der Waals surface area contributed by atoms with Crippen LogP contribution >= 0.6 is 0 Å². The summed E-state index contributed by atoms with van der Waals surface area (Å²) in [7, 11) is 7.84. The highest BCUT2D eigenvalue weighted by Gasteiger charge is 2.20. The van der Waals surface area contributed by atoms with E-state index in [1.54, 1.807) is 7.11 Å². The Morgan fingerprint density at radius 2 is 1.85 bits per heavy atom. The normalized spacial score (nSPS) is 13.9. The Labute approximate surface area is 125 Å². The molecule has 120 valence electrons. The van der Waals surface area contributed by atoms with E-state index in [-0.39, 0.29) is 0 Å². The fourth-order valence-electron chi connectivity index (χ4n) is 2.45. The fraction of sp³-hybridized carbons (Fsp3) is 0.933. The second-order valence-electron chi connectivity index (χ2n) is 5.33. The second-order valence-corrected chi connectivity index (χ2v) is 5.33. The molecule has 0 aromatic carbocycles. The van der Waals surface area contributed by atoms with Gasteiger partial charge in [-0.3, -0.25) is 4.99 Å². The lowest BCUT2D eigenvalue weighted by atomic mass is 9.93. The molecule has 0 radical (unpaired) electrons. The van der Waals surface area contributed by atoms with Crippen LogP contribution in [0.4, 0.5) is 0 Å². The van der Waals surface area contributed by atoms with Crippen LogP contribution in [0, 0.1) is 5.92 Å². The highest BCUT2D eigenvalue weighted by molar-refractivity contribution is 5.79. The molecular weight excluding hydrogens is 252 g/mol. The molecule has 1 unspecified atom stereocenters. The van der Waals surface area contributed by atoms with E-state index in [0.717, 1.165) is 32.1 Å². The summed E-state index contributed by atoms with van der Waals surface area (Å²) in [5, 5.41) is 6.75. The van der Waals surface area contributed by atoms with Gasteiger partial charge in [0.15, 0.2) is 5.96 Å². The zero-order chi connectivity index (χ0) is 15.4. The molecule has 0 saturated heterocycles. The molecule has 0 bridgehead atoms. The third kappa shape index (κ3) is 7.70. The number of likely N-dealkylation sites (N-methyl/N-ethyl adjacent to an activating group) is 1. The predicted molar refractivity (Wildman–Crippen MR) is 87.4 cm³/mol. The van der Waals surface area contributed by atoms with Gasteiger partial charge in [-0.2, -0.15) is 0 Å². The van der Waals surface area contributed by atoms with E-state index in [1.165, 1.54) is 12.8 Å². The lowest BCUT2D eigenvalue weighted by Crippen LogP contribution is -2.48. The fourth-order valence-corrected chi connectivity index (χ4v) is 2.45. The Morgan fingerprint density at radius 3 is 2.30 bits per heavy atom. The average molecular weight is 286 g/mol. The number of nitrogens with zero attached hydrogens (tertiary/aromatic N) is 2. The number of guanidine groups is 1. The molecule has 5 heteroatoms. The molecule has 0 aliphatic heterocycles. The highest BCUT2D eigenvalue weighted by Crippen LogP contribution is 2.16. The van der Waals surface area contributed by atoms with Gasteiger partial charge in [0, 0.05) is 39.9 Å². The molecule has 0 spiro atoms. The van der Waals surface area contributed by atoms with Crippen LogP contribution in [0.5, 0.6) is 0 Å². The van der Waals surface area contributed by atoms with Crippen molar-refractivity contribution in [1.82, 2.24) is 15.5 Å². The Bertz CT molecular complexity index is 252. The first-order valence-corrected chi connectivity index (χ1v) is 7.70. The van der Waals surface area contributed by atoms with Crippen LogP contribution in [0.15, 0.2) is 4.99 Å². The maximum atomic E-state index is 5.04. The molecule has 0 aliphatic rings. The lowest BCUT2D eigenvalue weighted by Gasteiger charge is -2.32. The van der Waals surface area contributed by atoms with E-state index in [0.29, 0.717) is 12.0 Å². The minimum atomic E-state index is 0.530. The molecule has 0 aliphatic carbocycles. The van der Waals surface area contributed by atoms with Gasteiger partial charge in [0.05, 0.1) is 0 Å².